The molecule has 42 valence electrons. The molecule has 1 aliphatic rings. The van der Waals surface area contributed by atoms with E-state index in [-0.39, 0.29) is 52.5 Å². The van der Waals surface area contributed by atoms with Gasteiger partial charge in [-0.2, -0.15) is 6.08 Å². The zero-order chi connectivity index (χ0) is 3.54. The van der Waals surface area contributed by atoms with Crippen molar-refractivity contribution in [1.82, 2.24) is 0 Å². The summed E-state index contributed by atoms with van der Waals surface area (Å²) in [6, 6.07) is 0. The van der Waals surface area contributed by atoms with Gasteiger partial charge in [0.05, 0.1) is 0 Å². The maximum absolute atomic E-state index is 2.99. The Hall–Kier alpha value is 0.874. The van der Waals surface area contributed by atoms with Crippen LogP contribution in [0, 0.1) is 13.5 Å². The zero-order valence-electron chi connectivity index (χ0n) is 4.89. The Bertz CT molecular complexity index is 66.6. The summed E-state index contributed by atoms with van der Waals surface area (Å²) in [5, 5.41) is 0. The van der Waals surface area contributed by atoms with Crippen LogP contribution in [-0.2, 0) is 32.7 Å². The summed E-state index contributed by atoms with van der Waals surface area (Å²) < 4.78 is 0. The largest absolute Gasteiger partial charge is 3.00 e. The molecule has 0 amide bonds. The Morgan fingerprint density at radius 3 is 2.12 bits per heavy atom. The minimum absolute atomic E-state index is 0. The monoisotopic (exact) mass is 204 g/mol. The van der Waals surface area contributed by atoms with Gasteiger partial charge in [0.1, 0.15) is 0 Å². The molecule has 0 atom stereocenters. The van der Waals surface area contributed by atoms with Gasteiger partial charge in [0, 0.05) is 0 Å². The van der Waals surface area contributed by atoms with Gasteiger partial charge >= 0.3 is 32.7 Å². The van der Waals surface area contributed by atoms with Gasteiger partial charge in [0.2, 0.25) is 0 Å². The standard InChI is InChI=1S/C5H5.CH3.ClH.Y/c1-2-4-5-3-1;;;/h1-3H,4H2;1H3;1H;/q2*-1;;+3/p-1. The van der Waals surface area contributed by atoms with E-state index in [1.165, 1.54) is 0 Å². The first-order valence-electron chi connectivity index (χ1n) is 1.72. The third-order valence-corrected chi connectivity index (χ3v) is 0.586. The Labute approximate surface area is 82.7 Å². The van der Waals surface area contributed by atoms with E-state index in [0.717, 1.165) is 6.42 Å². The number of allylic oxidation sites excluding steroid dienone is 4. The summed E-state index contributed by atoms with van der Waals surface area (Å²) in [7, 11) is 0. The number of rotatable bonds is 0. The van der Waals surface area contributed by atoms with Crippen molar-refractivity contribution in [3.63, 3.8) is 0 Å². The third kappa shape index (κ3) is 6.87. The van der Waals surface area contributed by atoms with Crippen LogP contribution in [0.15, 0.2) is 18.2 Å². The van der Waals surface area contributed by atoms with Crippen molar-refractivity contribution in [2.75, 3.05) is 0 Å². The van der Waals surface area contributed by atoms with Gasteiger partial charge in [-0.15, -0.1) is 6.42 Å². The summed E-state index contributed by atoms with van der Waals surface area (Å²) >= 11 is 0. The van der Waals surface area contributed by atoms with E-state index < -0.39 is 0 Å². The van der Waals surface area contributed by atoms with Crippen LogP contribution in [0.1, 0.15) is 6.42 Å². The van der Waals surface area contributed by atoms with E-state index in [1.54, 1.807) is 0 Å². The van der Waals surface area contributed by atoms with Gasteiger partial charge in [-0.05, 0) is 0 Å². The van der Waals surface area contributed by atoms with Crippen molar-refractivity contribution in [2.24, 2.45) is 0 Å². The van der Waals surface area contributed by atoms with Crippen LogP contribution in [0.5, 0.6) is 0 Å². The van der Waals surface area contributed by atoms with Crippen LogP contribution in [0.3, 0.4) is 0 Å². The molecule has 0 fully saturated rings. The van der Waals surface area contributed by atoms with Crippen LogP contribution in [0.2, 0.25) is 0 Å². The van der Waals surface area contributed by atoms with Crippen LogP contribution >= 0.6 is 0 Å². The van der Waals surface area contributed by atoms with Gasteiger partial charge < -0.3 is 19.8 Å². The SMILES string of the molecule is [C-]1=CC=CC1.[CH3-].[Cl-].[Y+3]. The molecular weight excluding hydrogens is 196 g/mol. The summed E-state index contributed by atoms with van der Waals surface area (Å²) in [4.78, 5) is 0. The molecule has 0 aliphatic heterocycles. The van der Waals surface area contributed by atoms with E-state index >= 15 is 0 Å². The molecule has 0 spiro atoms. The molecule has 0 saturated carbocycles. The fourth-order valence-electron chi connectivity index (χ4n) is 0.340. The maximum atomic E-state index is 2.99. The quantitative estimate of drug-likeness (QED) is 0.433. The molecule has 8 heavy (non-hydrogen) atoms. The molecule has 0 N–H and O–H groups in total. The normalized spacial score (nSPS) is 11.0. The fraction of sp³-hybridized carbons (Fsp3) is 0.167. The van der Waals surface area contributed by atoms with E-state index in [0.29, 0.717) is 0 Å². The predicted octanol–water partition coefficient (Wildman–Crippen LogP) is -1.24. The smallest absolute Gasteiger partial charge is 1.00 e. The molecule has 0 aromatic rings. The fourth-order valence-corrected chi connectivity index (χ4v) is 0.340. The molecule has 0 unspecified atom stereocenters. The predicted molar refractivity (Wildman–Crippen MR) is 28.0 cm³/mol. The second kappa shape index (κ2) is 10.8. The van der Waals surface area contributed by atoms with Crippen LogP contribution < -0.4 is 12.4 Å². The van der Waals surface area contributed by atoms with E-state index in [9.17, 15) is 0 Å². The molecular formula is C6H8ClY. The minimum Gasteiger partial charge on any atom is -1.00 e. The van der Waals surface area contributed by atoms with Crippen molar-refractivity contribution in [1.29, 1.82) is 0 Å². The second-order valence-electron chi connectivity index (χ2n) is 1.00. The second-order valence-corrected chi connectivity index (χ2v) is 1.00. The van der Waals surface area contributed by atoms with Crippen LogP contribution in [0.4, 0.5) is 0 Å². The molecule has 1 aliphatic carbocycles. The zero-order valence-corrected chi connectivity index (χ0v) is 8.49. The van der Waals surface area contributed by atoms with Gasteiger partial charge in [-0.1, -0.05) is 0 Å². The first kappa shape index (κ1) is 15.9. The first-order valence-corrected chi connectivity index (χ1v) is 1.72. The average molecular weight is 204 g/mol. The summed E-state index contributed by atoms with van der Waals surface area (Å²) in [6.45, 7) is 0. The molecule has 0 aromatic heterocycles. The minimum atomic E-state index is 0. The third-order valence-electron chi connectivity index (χ3n) is 0.586. The van der Waals surface area contributed by atoms with E-state index in [1.807, 2.05) is 12.2 Å². The van der Waals surface area contributed by atoms with Crippen molar-refractivity contribution in [3.8, 4) is 0 Å². The van der Waals surface area contributed by atoms with Gasteiger partial charge in [-0.25, -0.2) is 12.2 Å². The summed E-state index contributed by atoms with van der Waals surface area (Å²) in [6.07, 6.45) is 10.0. The summed E-state index contributed by atoms with van der Waals surface area (Å²) in [5.41, 5.74) is 0. The van der Waals surface area contributed by atoms with Gasteiger partial charge in [-0.3, -0.25) is 6.08 Å². The molecule has 0 heterocycles. The van der Waals surface area contributed by atoms with E-state index in [2.05, 4.69) is 12.2 Å². The molecule has 0 radical (unpaired) electrons. The number of hydrogen-bond donors (Lipinski definition) is 0. The van der Waals surface area contributed by atoms with Crippen LogP contribution in [0.25, 0.3) is 0 Å². The Morgan fingerprint density at radius 1 is 1.38 bits per heavy atom. The molecule has 0 nitrogen and oxygen atoms in total. The first-order chi connectivity index (χ1) is 2.50. The van der Waals surface area contributed by atoms with Gasteiger partial charge in [0.15, 0.2) is 0 Å². The Kier molecular flexibility index (Phi) is 21.5. The maximum Gasteiger partial charge on any atom is 3.00 e. The number of halogens is 1. The van der Waals surface area contributed by atoms with Crippen molar-refractivity contribution in [2.45, 2.75) is 6.42 Å². The molecule has 0 saturated heterocycles. The van der Waals surface area contributed by atoms with Crippen LogP contribution in [-0.4, -0.2) is 0 Å². The molecule has 1 rings (SSSR count). The van der Waals surface area contributed by atoms with E-state index in [4.69, 9.17) is 0 Å². The van der Waals surface area contributed by atoms with Crippen molar-refractivity contribution < 1.29 is 45.1 Å². The average Bonchev–Trinajstić information content (AvgIpc) is 1.76. The van der Waals surface area contributed by atoms with Gasteiger partial charge in [0.25, 0.3) is 0 Å². The number of hydrogen-bond acceptors (Lipinski definition) is 0. The topological polar surface area (TPSA) is 0 Å². The summed E-state index contributed by atoms with van der Waals surface area (Å²) in [5.74, 6) is 0. The molecule has 0 bridgehead atoms. The van der Waals surface area contributed by atoms with Crippen molar-refractivity contribution in [3.05, 3.63) is 31.7 Å². The Morgan fingerprint density at radius 2 is 2.00 bits per heavy atom. The molecule has 2 heteroatoms. The van der Waals surface area contributed by atoms with Crippen molar-refractivity contribution >= 4 is 0 Å². The molecule has 0 aromatic carbocycles. The Balaban J connectivity index is -0.0000000833.